The minimum atomic E-state index is -0.364. The molecule has 1 aromatic heterocycles. The van der Waals surface area contributed by atoms with Crippen molar-refractivity contribution < 1.29 is 9.53 Å². The van der Waals surface area contributed by atoms with Gasteiger partial charge in [-0.1, -0.05) is 35.3 Å². The van der Waals surface area contributed by atoms with Crippen molar-refractivity contribution in [1.82, 2.24) is 20.2 Å². The molecule has 0 radical (unpaired) electrons. The number of para-hydroxylation sites is 1. The Bertz CT molecular complexity index is 1300. The third kappa shape index (κ3) is 4.88. The van der Waals surface area contributed by atoms with Gasteiger partial charge in [0.25, 0.3) is 5.91 Å². The highest BCUT2D eigenvalue weighted by molar-refractivity contribution is 6.40. The molecule has 2 aromatic carbocycles. The van der Waals surface area contributed by atoms with Crippen LogP contribution in [0.4, 0.5) is 17.3 Å². The van der Waals surface area contributed by atoms with Crippen LogP contribution in [-0.2, 0) is 6.54 Å². The molecular weight excluding hydrogens is 489 g/mol. The van der Waals surface area contributed by atoms with Crippen LogP contribution >= 0.6 is 23.2 Å². The molecule has 3 heterocycles. The molecule has 0 unspecified atom stereocenters. The van der Waals surface area contributed by atoms with Gasteiger partial charge in [0.15, 0.2) is 6.73 Å². The maximum atomic E-state index is 13.1. The number of nitrogens with one attached hydrogen (secondary N) is 2. The van der Waals surface area contributed by atoms with E-state index in [0.717, 1.165) is 38.3 Å². The number of hydrogen-bond donors (Lipinski definition) is 2. The SMILES string of the molecule is N#Cc1cc(Nc2ncc3c(n2)OCN(c2c(Cl)cccc2Cl)C3=O)ccc1CN1CCNCC1. The van der Waals surface area contributed by atoms with E-state index in [9.17, 15) is 10.1 Å². The predicted molar refractivity (Wildman–Crippen MR) is 133 cm³/mol. The Hall–Kier alpha value is -3.42. The Morgan fingerprint density at radius 2 is 1.94 bits per heavy atom. The largest absolute Gasteiger partial charge is 0.455 e. The lowest BCUT2D eigenvalue weighted by Crippen LogP contribution is -2.43. The number of halogens is 2. The van der Waals surface area contributed by atoms with E-state index in [1.807, 2.05) is 12.1 Å². The molecule has 2 aliphatic heterocycles. The maximum Gasteiger partial charge on any atom is 0.268 e. The van der Waals surface area contributed by atoms with E-state index in [1.165, 1.54) is 11.1 Å². The van der Waals surface area contributed by atoms with Crippen molar-refractivity contribution in [2.45, 2.75) is 6.54 Å². The van der Waals surface area contributed by atoms with Crippen LogP contribution in [0.15, 0.2) is 42.6 Å². The van der Waals surface area contributed by atoms with Crippen LogP contribution in [0.25, 0.3) is 0 Å². The summed E-state index contributed by atoms with van der Waals surface area (Å²) >= 11 is 12.5. The maximum absolute atomic E-state index is 13.1. The van der Waals surface area contributed by atoms with Gasteiger partial charge in [-0.3, -0.25) is 14.6 Å². The number of benzene rings is 2. The Morgan fingerprint density at radius 3 is 2.69 bits per heavy atom. The highest BCUT2D eigenvalue weighted by Gasteiger charge is 2.31. The molecule has 1 fully saturated rings. The third-order valence-corrected chi connectivity index (χ3v) is 6.47. The molecular formula is C24H21Cl2N7O2. The van der Waals surface area contributed by atoms with Gasteiger partial charge in [0.1, 0.15) is 5.56 Å². The Balaban J connectivity index is 1.33. The predicted octanol–water partition coefficient (Wildman–Crippen LogP) is 3.80. The van der Waals surface area contributed by atoms with Crippen LogP contribution in [-0.4, -0.2) is 53.7 Å². The molecule has 0 bridgehead atoms. The number of ether oxygens (including phenoxy) is 1. The fraction of sp³-hybridized carbons (Fsp3) is 0.250. The zero-order valence-corrected chi connectivity index (χ0v) is 20.1. The molecule has 0 aliphatic carbocycles. The summed E-state index contributed by atoms with van der Waals surface area (Å²) in [4.78, 5) is 25.3. The first-order chi connectivity index (χ1) is 17.0. The van der Waals surface area contributed by atoms with Gasteiger partial charge < -0.3 is 15.4 Å². The van der Waals surface area contributed by atoms with Crippen molar-refractivity contribution >= 4 is 46.4 Å². The Labute approximate surface area is 212 Å². The smallest absolute Gasteiger partial charge is 0.268 e. The highest BCUT2D eigenvalue weighted by Crippen LogP contribution is 2.37. The summed E-state index contributed by atoms with van der Waals surface area (Å²) in [7, 11) is 0. The topological polar surface area (TPSA) is 106 Å². The minimum absolute atomic E-state index is 0.0922. The molecule has 178 valence electrons. The van der Waals surface area contributed by atoms with Gasteiger partial charge in [0.2, 0.25) is 11.8 Å². The molecule has 0 atom stereocenters. The quantitative estimate of drug-likeness (QED) is 0.534. The first-order valence-electron chi connectivity index (χ1n) is 11.0. The fourth-order valence-electron chi connectivity index (χ4n) is 4.06. The Kier molecular flexibility index (Phi) is 6.70. The van der Waals surface area contributed by atoms with E-state index in [4.69, 9.17) is 27.9 Å². The van der Waals surface area contributed by atoms with E-state index >= 15 is 0 Å². The van der Waals surface area contributed by atoms with Gasteiger partial charge in [0.05, 0.1) is 27.4 Å². The summed E-state index contributed by atoms with van der Waals surface area (Å²) in [5.74, 6) is 0.0408. The summed E-state index contributed by atoms with van der Waals surface area (Å²) in [6.07, 6.45) is 1.40. The van der Waals surface area contributed by atoms with Crippen molar-refractivity contribution in [1.29, 1.82) is 5.26 Å². The molecule has 5 rings (SSSR count). The van der Waals surface area contributed by atoms with Crippen molar-refractivity contribution in [3.63, 3.8) is 0 Å². The van der Waals surface area contributed by atoms with E-state index in [2.05, 4.69) is 31.6 Å². The average Bonchev–Trinajstić information content (AvgIpc) is 2.87. The number of rotatable bonds is 5. The second-order valence-corrected chi connectivity index (χ2v) is 8.94. The van der Waals surface area contributed by atoms with Crippen LogP contribution in [0.3, 0.4) is 0 Å². The number of piperazine rings is 1. The van der Waals surface area contributed by atoms with Crippen LogP contribution in [0, 0.1) is 11.3 Å². The molecule has 11 heteroatoms. The van der Waals surface area contributed by atoms with Crippen molar-refractivity contribution in [3.8, 4) is 11.9 Å². The number of aromatic nitrogens is 2. The van der Waals surface area contributed by atoms with E-state index in [-0.39, 0.29) is 30.0 Å². The first kappa shape index (κ1) is 23.3. The molecule has 1 amide bonds. The van der Waals surface area contributed by atoms with Gasteiger partial charge in [-0.25, -0.2) is 4.98 Å². The van der Waals surface area contributed by atoms with Crippen molar-refractivity contribution in [3.05, 3.63) is 69.3 Å². The van der Waals surface area contributed by atoms with Gasteiger partial charge in [-0.2, -0.15) is 10.2 Å². The molecule has 0 saturated carbocycles. The highest BCUT2D eigenvalue weighted by atomic mass is 35.5. The standard InChI is InChI=1S/C24H21Cl2N7O2/c25-19-2-1-3-20(26)21(19)33-14-35-22-18(23(33)34)12-29-24(31-22)30-17-5-4-15(16(10-17)11-27)13-32-8-6-28-7-9-32/h1-5,10,12,28H,6-9,13-14H2,(H,29,30,31). The van der Waals surface area contributed by atoms with Gasteiger partial charge in [-0.05, 0) is 29.8 Å². The number of fused-ring (bicyclic) bond motifs is 1. The number of nitriles is 1. The summed E-state index contributed by atoms with van der Waals surface area (Å²) in [5.41, 5.74) is 2.79. The Morgan fingerprint density at radius 1 is 1.17 bits per heavy atom. The number of carbonyl (C=O) groups excluding carboxylic acids is 1. The number of carbonyl (C=O) groups is 1. The molecule has 35 heavy (non-hydrogen) atoms. The normalized spacial score (nSPS) is 15.8. The van der Waals surface area contributed by atoms with Gasteiger partial charge >= 0.3 is 0 Å². The van der Waals surface area contributed by atoms with Crippen molar-refractivity contribution in [2.24, 2.45) is 0 Å². The summed E-state index contributed by atoms with van der Waals surface area (Å²) in [6.45, 7) is 4.43. The summed E-state index contributed by atoms with van der Waals surface area (Å²) < 4.78 is 5.73. The lowest BCUT2D eigenvalue weighted by atomic mass is 10.1. The number of nitrogens with zero attached hydrogens (tertiary/aromatic N) is 5. The van der Waals surface area contributed by atoms with Crippen molar-refractivity contribution in [2.75, 3.05) is 43.1 Å². The average molecular weight is 510 g/mol. The summed E-state index contributed by atoms with van der Waals surface area (Å²) in [5, 5.41) is 16.8. The van der Waals surface area contributed by atoms with Crippen LogP contribution < -0.4 is 20.3 Å². The van der Waals surface area contributed by atoms with E-state index in [0.29, 0.717) is 27.0 Å². The van der Waals surface area contributed by atoms with Crippen LogP contribution in [0.5, 0.6) is 5.88 Å². The zero-order valence-electron chi connectivity index (χ0n) is 18.6. The number of amides is 1. The summed E-state index contributed by atoms with van der Waals surface area (Å²) in [6, 6.07) is 12.9. The van der Waals surface area contributed by atoms with Gasteiger partial charge in [0, 0.05) is 44.6 Å². The number of anilines is 3. The molecule has 3 aromatic rings. The molecule has 2 aliphatic rings. The zero-order chi connectivity index (χ0) is 24.4. The lowest BCUT2D eigenvalue weighted by Gasteiger charge is -2.29. The van der Waals surface area contributed by atoms with Crippen LogP contribution in [0.2, 0.25) is 10.0 Å². The second kappa shape index (κ2) is 10.1. The van der Waals surface area contributed by atoms with Gasteiger partial charge in [-0.15, -0.1) is 0 Å². The molecule has 2 N–H and O–H groups in total. The van der Waals surface area contributed by atoms with E-state index < -0.39 is 0 Å². The molecule has 9 nitrogen and oxygen atoms in total. The monoisotopic (exact) mass is 509 g/mol. The third-order valence-electron chi connectivity index (χ3n) is 5.86. The molecule has 1 saturated heterocycles. The second-order valence-electron chi connectivity index (χ2n) is 8.12. The first-order valence-corrected chi connectivity index (χ1v) is 11.8. The number of hydrogen-bond acceptors (Lipinski definition) is 8. The minimum Gasteiger partial charge on any atom is -0.455 e. The molecule has 0 spiro atoms. The fourth-order valence-corrected chi connectivity index (χ4v) is 4.66. The lowest BCUT2D eigenvalue weighted by molar-refractivity contribution is 0.0932. The van der Waals surface area contributed by atoms with Crippen LogP contribution in [0.1, 0.15) is 21.5 Å². The van der Waals surface area contributed by atoms with E-state index in [1.54, 1.807) is 24.3 Å².